The Morgan fingerprint density at radius 3 is 2.16 bits per heavy atom. The Bertz CT molecular complexity index is 1270. The maximum Gasteiger partial charge on any atom is 0.259 e. The molecular weight excluding hydrogens is 468 g/mol. The van der Waals surface area contributed by atoms with Crippen LogP contribution in [0.25, 0.3) is 0 Å². The number of methoxy groups -OCH3 is 2. The minimum Gasteiger partial charge on any atom is -0.508 e. The van der Waals surface area contributed by atoms with Gasteiger partial charge in [0.1, 0.15) is 5.75 Å². The van der Waals surface area contributed by atoms with Crippen LogP contribution in [0.5, 0.6) is 17.2 Å². The fourth-order valence-electron chi connectivity index (χ4n) is 5.62. The zero-order valence-electron chi connectivity index (χ0n) is 21.6. The molecule has 0 aromatic heterocycles. The number of ether oxygens (including phenoxy) is 2. The summed E-state index contributed by atoms with van der Waals surface area (Å²) in [4.78, 5) is 29.9. The Hall–Kier alpha value is -4.00. The highest BCUT2D eigenvalue weighted by molar-refractivity contribution is 6.12. The number of benzene rings is 3. The van der Waals surface area contributed by atoms with E-state index in [0.717, 1.165) is 37.7 Å². The topological polar surface area (TPSA) is 102 Å². The predicted octanol–water partition coefficient (Wildman–Crippen LogP) is 5.33. The molecule has 0 aliphatic heterocycles. The minimum absolute atomic E-state index is 0.0636. The van der Waals surface area contributed by atoms with Crippen molar-refractivity contribution in [3.8, 4) is 17.2 Å². The first-order valence-corrected chi connectivity index (χ1v) is 12.6. The van der Waals surface area contributed by atoms with Gasteiger partial charge in [0, 0.05) is 17.3 Å². The molecule has 1 aliphatic carbocycles. The number of phenols is 1. The van der Waals surface area contributed by atoms with Gasteiger partial charge in [-0.15, -0.1) is 0 Å². The van der Waals surface area contributed by atoms with Crippen LogP contribution in [0.2, 0.25) is 0 Å². The van der Waals surface area contributed by atoms with Crippen LogP contribution >= 0.6 is 0 Å². The monoisotopic (exact) mass is 502 g/mol. The van der Waals surface area contributed by atoms with E-state index in [-0.39, 0.29) is 17.6 Å². The Labute approximate surface area is 217 Å². The van der Waals surface area contributed by atoms with Gasteiger partial charge in [-0.2, -0.15) is 0 Å². The second-order valence-corrected chi connectivity index (χ2v) is 9.51. The van der Waals surface area contributed by atoms with Crippen molar-refractivity contribution >= 4 is 17.5 Å². The van der Waals surface area contributed by atoms with Gasteiger partial charge >= 0.3 is 0 Å². The molecule has 1 atom stereocenters. The normalized spacial score (nSPS) is 15.4. The number of phenolic OH excluding ortho intramolecular Hbond substituents is 1. The number of hydrogen-bond donors (Lipinski definition) is 2. The number of aromatic hydroxyl groups is 1. The first-order valence-electron chi connectivity index (χ1n) is 12.6. The lowest BCUT2D eigenvalue weighted by atomic mass is 9.68. The number of anilines is 1. The Morgan fingerprint density at radius 1 is 0.919 bits per heavy atom. The van der Waals surface area contributed by atoms with Crippen molar-refractivity contribution in [3.05, 3.63) is 83.4 Å². The van der Waals surface area contributed by atoms with Gasteiger partial charge in [0.2, 0.25) is 5.91 Å². The third-order valence-corrected chi connectivity index (χ3v) is 7.44. The zero-order chi connectivity index (χ0) is 26.6. The highest BCUT2D eigenvalue weighted by Crippen LogP contribution is 2.48. The molecule has 0 radical (unpaired) electrons. The summed E-state index contributed by atoms with van der Waals surface area (Å²) in [7, 11) is 3.07. The van der Waals surface area contributed by atoms with E-state index in [2.05, 4.69) is 0 Å². The molecule has 2 amide bonds. The summed E-state index contributed by atoms with van der Waals surface area (Å²) < 4.78 is 11.0. The first-order chi connectivity index (χ1) is 17.8. The SMILES string of the molecule is COc1ccc(N(C(=O)c2ccccc2C)C(C(N)=O)(c2ccc(O)cc2)C2CCCCC2)cc1OC. The molecule has 1 fully saturated rings. The highest BCUT2D eigenvalue weighted by atomic mass is 16.5. The van der Waals surface area contributed by atoms with Crippen molar-refractivity contribution in [2.45, 2.75) is 44.6 Å². The van der Waals surface area contributed by atoms with Gasteiger partial charge in [0.25, 0.3) is 5.91 Å². The van der Waals surface area contributed by atoms with E-state index in [4.69, 9.17) is 15.2 Å². The molecule has 1 aliphatic rings. The van der Waals surface area contributed by atoms with Crippen LogP contribution in [0.15, 0.2) is 66.7 Å². The smallest absolute Gasteiger partial charge is 0.259 e. The molecule has 3 N–H and O–H groups in total. The van der Waals surface area contributed by atoms with Crippen LogP contribution in [0.3, 0.4) is 0 Å². The van der Waals surface area contributed by atoms with Gasteiger partial charge in [-0.3, -0.25) is 14.5 Å². The van der Waals surface area contributed by atoms with Gasteiger partial charge in [-0.25, -0.2) is 0 Å². The Morgan fingerprint density at radius 2 is 1.57 bits per heavy atom. The van der Waals surface area contributed by atoms with E-state index in [9.17, 15) is 14.7 Å². The van der Waals surface area contributed by atoms with E-state index in [0.29, 0.717) is 28.3 Å². The molecule has 0 saturated heterocycles. The molecule has 37 heavy (non-hydrogen) atoms. The lowest BCUT2D eigenvalue weighted by Crippen LogP contribution is -2.62. The largest absolute Gasteiger partial charge is 0.508 e. The average Bonchev–Trinajstić information content (AvgIpc) is 2.92. The summed E-state index contributed by atoms with van der Waals surface area (Å²) in [6.45, 7) is 1.87. The van der Waals surface area contributed by atoms with Crippen LogP contribution in [0, 0.1) is 12.8 Å². The lowest BCUT2D eigenvalue weighted by Gasteiger charge is -2.48. The maximum atomic E-state index is 14.6. The molecule has 7 heteroatoms. The lowest BCUT2D eigenvalue weighted by molar-refractivity contribution is -0.126. The molecule has 194 valence electrons. The van der Waals surface area contributed by atoms with Crippen LogP contribution < -0.4 is 20.1 Å². The molecule has 0 spiro atoms. The van der Waals surface area contributed by atoms with E-state index in [1.54, 1.807) is 54.5 Å². The summed E-state index contributed by atoms with van der Waals surface area (Å²) in [6, 6.07) is 18.9. The van der Waals surface area contributed by atoms with E-state index < -0.39 is 11.4 Å². The molecule has 3 aromatic carbocycles. The van der Waals surface area contributed by atoms with Crippen molar-refractivity contribution < 1.29 is 24.2 Å². The number of rotatable bonds is 8. The third kappa shape index (κ3) is 4.73. The first kappa shape index (κ1) is 26.1. The average molecular weight is 503 g/mol. The van der Waals surface area contributed by atoms with E-state index >= 15 is 0 Å². The van der Waals surface area contributed by atoms with Crippen LogP contribution in [0.1, 0.15) is 53.6 Å². The van der Waals surface area contributed by atoms with Gasteiger partial charge < -0.3 is 20.3 Å². The summed E-state index contributed by atoms with van der Waals surface area (Å²) in [5, 5.41) is 10.0. The van der Waals surface area contributed by atoms with E-state index in [1.807, 2.05) is 19.1 Å². The van der Waals surface area contributed by atoms with Crippen LogP contribution in [-0.4, -0.2) is 31.1 Å². The molecule has 1 saturated carbocycles. The number of nitrogens with zero attached hydrogens (tertiary/aromatic N) is 1. The third-order valence-electron chi connectivity index (χ3n) is 7.44. The molecule has 0 heterocycles. The number of carbonyl (C=O) groups excluding carboxylic acids is 2. The number of hydrogen-bond acceptors (Lipinski definition) is 5. The van der Waals surface area contributed by atoms with Crippen molar-refractivity contribution in [1.29, 1.82) is 0 Å². The summed E-state index contributed by atoms with van der Waals surface area (Å²) >= 11 is 0. The molecule has 4 rings (SSSR count). The summed E-state index contributed by atoms with van der Waals surface area (Å²) in [5.41, 5.74) is 7.10. The Balaban J connectivity index is 2.07. The number of carbonyl (C=O) groups is 2. The number of amides is 2. The second-order valence-electron chi connectivity index (χ2n) is 9.51. The fourth-order valence-corrected chi connectivity index (χ4v) is 5.62. The van der Waals surface area contributed by atoms with Crippen LogP contribution in [0.4, 0.5) is 5.69 Å². The zero-order valence-corrected chi connectivity index (χ0v) is 21.6. The molecule has 1 unspecified atom stereocenters. The number of nitrogens with two attached hydrogens (primary N) is 1. The molecule has 3 aromatic rings. The van der Waals surface area contributed by atoms with Gasteiger partial charge in [-0.1, -0.05) is 49.6 Å². The standard InChI is InChI=1S/C30H34N2O5/c1-20-9-7-8-12-25(20)28(34)32(23-15-18-26(36-2)27(19-23)37-3)30(29(31)35,21-10-5-4-6-11-21)22-13-16-24(33)17-14-22/h7-9,12-19,21,33H,4-6,10-11H2,1-3H3,(H2,31,35). The van der Waals surface area contributed by atoms with Crippen molar-refractivity contribution in [2.24, 2.45) is 11.7 Å². The second kappa shape index (κ2) is 10.9. The number of primary amides is 1. The van der Waals surface area contributed by atoms with Crippen molar-refractivity contribution in [3.63, 3.8) is 0 Å². The quantitative estimate of drug-likeness (QED) is 0.434. The summed E-state index contributed by atoms with van der Waals surface area (Å²) in [5.74, 6) is -0.209. The highest BCUT2D eigenvalue weighted by Gasteiger charge is 2.53. The molecular formula is C30H34N2O5. The Kier molecular flexibility index (Phi) is 7.71. The maximum absolute atomic E-state index is 14.6. The molecule has 0 bridgehead atoms. The van der Waals surface area contributed by atoms with Gasteiger partial charge in [0.05, 0.1) is 14.2 Å². The predicted molar refractivity (Wildman–Crippen MR) is 143 cm³/mol. The molecule has 7 nitrogen and oxygen atoms in total. The van der Waals surface area contributed by atoms with Crippen LogP contribution in [-0.2, 0) is 10.3 Å². The van der Waals surface area contributed by atoms with Crippen molar-refractivity contribution in [1.82, 2.24) is 0 Å². The summed E-state index contributed by atoms with van der Waals surface area (Å²) in [6.07, 6.45) is 4.37. The minimum atomic E-state index is -1.51. The van der Waals surface area contributed by atoms with Gasteiger partial charge in [-0.05, 0) is 67.1 Å². The van der Waals surface area contributed by atoms with E-state index in [1.165, 1.54) is 19.2 Å². The number of aryl methyl sites for hydroxylation is 1. The fraction of sp³-hybridized carbons (Fsp3) is 0.333. The van der Waals surface area contributed by atoms with Gasteiger partial charge in [0.15, 0.2) is 17.0 Å². The van der Waals surface area contributed by atoms with Crippen molar-refractivity contribution in [2.75, 3.05) is 19.1 Å².